The quantitative estimate of drug-likeness (QED) is 0.826. The molecule has 0 N–H and O–H groups in total. The number of piperazine rings is 1. The van der Waals surface area contributed by atoms with E-state index in [0.717, 1.165) is 0 Å². The summed E-state index contributed by atoms with van der Waals surface area (Å²) >= 11 is 13.0. The summed E-state index contributed by atoms with van der Waals surface area (Å²) in [5, 5.41) is 0.408. The van der Waals surface area contributed by atoms with Crippen LogP contribution >= 0.6 is 34.5 Å². The van der Waals surface area contributed by atoms with Crippen LogP contribution in [0.1, 0.15) is 23.5 Å². The average molecular weight is 364 g/mol. The van der Waals surface area contributed by atoms with Crippen molar-refractivity contribution in [1.82, 2.24) is 14.7 Å². The van der Waals surface area contributed by atoms with E-state index in [1.807, 2.05) is 13.8 Å². The standard InChI is InChI=1S/C14H19Cl2N3O2S/c1-3-17(4-2)14(21)19-7-5-18(6-8-19)13(20)11-9-10(15)12(16)22-11/h9H,3-8H2,1-2H3. The Morgan fingerprint density at radius 1 is 1.14 bits per heavy atom. The largest absolute Gasteiger partial charge is 0.334 e. The molecule has 0 atom stereocenters. The zero-order valence-electron chi connectivity index (χ0n) is 12.6. The Hall–Kier alpha value is -0.980. The number of carbonyl (C=O) groups is 2. The summed E-state index contributed by atoms with van der Waals surface area (Å²) in [6.45, 7) is 7.47. The molecular weight excluding hydrogens is 345 g/mol. The van der Waals surface area contributed by atoms with Gasteiger partial charge in [0.15, 0.2) is 0 Å². The van der Waals surface area contributed by atoms with E-state index in [1.54, 1.807) is 20.8 Å². The van der Waals surface area contributed by atoms with Crippen LogP contribution in [-0.2, 0) is 0 Å². The highest BCUT2D eigenvalue weighted by Gasteiger charge is 2.27. The summed E-state index contributed by atoms with van der Waals surface area (Å²) in [5.41, 5.74) is 0. The van der Waals surface area contributed by atoms with E-state index >= 15 is 0 Å². The minimum absolute atomic E-state index is 0.0410. The molecular formula is C14H19Cl2N3O2S. The third-order valence-corrected chi connectivity index (χ3v) is 5.58. The third-order valence-electron chi connectivity index (χ3n) is 3.73. The highest BCUT2D eigenvalue weighted by Crippen LogP contribution is 2.32. The van der Waals surface area contributed by atoms with Crippen molar-refractivity contribution in [2.75, 3.05) is 39.3 Å². The zero-order chi connectivity index (χ0) is 16.3. The van der Waals surface area contributed by atoms with Gasteiger partial charge in [-0.25, -0.2) is 4.79 Å². The van der Waals surface area contributed by atoms with E-state index in [0.29, 0.717) is 53.5 Å². The topological polar surface area (TPSA) is 43.9 Å². The maximum absolute atomic E-state index is 12.4. The lowest BCUT2D eigenvalue weighted by atomic mass is 10.3. The SMILES string of the molecule is CCN(CC)C(=O)N1CCN(C(=O)c2cc(Cl)c(Cl)s2)CC1. The summed E-state index contributed by atoms with van der Waals surface area (Å²) in [4.78, 5) is 30.5. The maximum atomic E-state index is 12.4. The van der Waals surface area contributed by atoms with Gasteiger partial charge in [-0.05, 0) is 19.9 Å². The van der Waals surface area contributed by atoms with Crippen molar-refractivity contribution in [3.8, 4) is 0 Å². The van der Waals surface area contributed by atoms with Crippen LogP contribution in [0.25, 0.3) is 0 Å². The van der Waals surface area contributed by atoms with Gasteiger partial charge in [0.2, 0.25) is 0 Å². The van der Waals surface area contributed by atoms with E-state index in [-0.39, 0.29) is 11.9 Å². The van der Waals surface area contributed by atoms with Crippen LogP contribution in [0.3, 0.4) is 0 Å². The average Bonchev–Trinajstić information content (AvgIpc) is 2.87. The molecule has 1 fully saturated rings. The van der Waals surface area contributed by atoms with Crippen molar-refractivity contribution in [2.45, 2.75) is 13.8 Å². The highest BCUT2D eigenvalue weighted by atomic mass is 35.5. The van der Waals surface area contributed by atoms with E-state index in [4.69, 9.17) is 23.2 Å². The fourth-order valence-electron chi connectivity index (χ4n) is 2.40. The maximum Gasteiger partial charge on any atom is 0.320 e. The molecule has 3 amide bonds. The number of amides is 3. The first-order valence-electron chi connectivity index (χ1n) is 7.25. The summed E-state index contributed by atoms with van der Waals surface area (Å²) in [6.07, 6.45) is 0. The van der Waals surface area contributed by atoms with Gasteiger partial charge in [0, 0.05) is 39.3 Å². The summed E-state index contributed by atoms with van der Waals surface area (Å²) in [7, 11) is 0. The lowest BCUT2D eigenvalue weighted by Gasteiger charge is -2.37. The molecule has 2 heterocycles. The molecule has 122 valence electrons. The van der Waals surface area contributed by atoms with Crippen LogP contribution in [0.2, 0.25) is 9.36 Å². The Kier molecular flexibility index (Phi) is 5.94. The van der Waals surface area contributed by atoms with E-state index in [1.165, 1.54) is 11.3 Å². The molecule has 0 spiro atoms. The Morgan fingerprint density at radius 3 is 2.14 bits per heavy atom. The number of hydrogen-bond donors (Lipinski definition) is 0. The Morgan fingerprint density at radius 2 is 1.68 bits per heavy atom. The predicted molar refractivity (Wildman–Crippen MR) is 90.1 cm³/mol. The van der Waals surface area contributed by atoms with Gasteiger partial charge >= 0.3 is 6.03 Å². The van der Waals surface area contributed by atoms with Gasteiger partial charge in [-0.1, -0.05) is 23.2 Å². The zero-order valence-corrected chi connectivity index (χ0v) is 15.0. The summed E-state index contributed by atoms with van der Waals surface area (Å²) < 4.78 is 0.431. The van der Waals surface area contributed by atoms with Crippen molar-refractivity contribution in [3.05, 3.63) is 20.3 Å². The van der Waals surface area contributed by atoms with Crippen LogP contribution in [0.15, 0.2) is 6.07 Å². The number of nitrogens with zero attached hydrogens (tertiary/aromatic N) is 3. The second kappa shape index (κ2) is 7.53. The van der Waals surface area contributed by atoms with Gasteiger partial charge in [0.1, 0.15) is 4.34 Å². The fraction of sp³-hybridized carbons (Fsp3) is 0.571. The molecule has 0 aliphatic carbocycles. The minimum atomic E-state index is -0.0752. The van der Waals surface area contributed by atoms with Gasteiger partial charge in [0.05, 0.1) is 9.90 Å². The molecule has 1 aliphatic rings. The summed E-state index contributed by atoms with van der Waals surface area (Å²) in [6, 6.07) is 1.64. The van der Waals surface area contributed by atoms with Crippen LogP contribution in [0.5, 0.6) is 0 Å². The molecule has 0 radical (unpaired) electrons. The number of hydrogen-bond acceptors (Lipinski definition) is 3. The van der Waals surface area contributed by atoms with Gasteiger partial charge in [-0.3, -0.25) is 4.79 Å². The molecule has 1 saturated heterocycles. The highest BCUT2D eigenvalue weighted by molar-refractivity contribution is 7.18. The normalized spacial score (nSPS) is 15.1. The fourth-order valence-corrected chi connectivity index (χ4v) is 3.74. The van der Waals surface area contributed by atoms with Crippen LogP contribution in [0, 0.1) is 0 Å². The molecule has 22 heavy (non-hydrogen) atoms. The second-order valence-corrected chi connectivity index (χ2v) is 7.03. The van der Waals surface area contributed by atoms with Gasteiger partial charge < -0.3 is 14.7 Å². The van der Waals surface area contributed by atoms with E-state index in [9.17, 15) is 9.59 Å². The first kappa shape index (κ1) is 17.4. The molecule has 2 rings (SSSR count). The number of halogens is 2. The first-order valence-corrected chi connectivity index (χ1v) is 8.83. The lowest BCUT2D eigenvalue weighted by molar-refractivity contribution is 0.0646. The van der Waals surface area contributed by atoms with Gasteiger partial charge in [0.25, 0.3) is 5.91 Å². The second-order valence-electron chi connectivity index (χ2n) is 4.97. The third kappa shape index (κ3) is 3.67. The minimum Gasteiger partial charge on any atom is -0.334 e. The molecule has 8 heteroatoms. The smallest absolute Gasteiger partial charge is 0.320 e. The predicted octanol–water partition coefficient (Wildman–Crippen LogP) is 3.27. The molecule has 1 aromatic heterocycles. The Labute approximate surface area is 144 Å². The molecule has 1 aliphatic heterocycles. The number of urea groups is 1. The number of carbonyl (C=O) groups excluding carboxylic acids is 2. The van der Waals surface area contributed by atoms with Crippen LogP contribution in [0.4, 0.5) is 4.79 Å². The number of thiophene rings is 1. The van der Waals surface area contributed by atoms with Crippen molar-refractivity contribution < 1.29 is 9.59 Å². The van der Waals surface area contributed by atoms with E-state index < -0.39 is 0 Å². The van der Waals surface area contributed by atoms with Crippen molar-refractivity contribution in [1.29, 1.82) is 0 Å². The van der Waals surface area contributed by atoms with E-state index in [2.05, 4.69) is 0 Å². The summed E-state index contributed by atoms with van der Waals surface area (Å²) in [5.74, 6) is -0.0752. The van der Waals surface area contributed by atoms with Crippen molar-refractivity contribution in [2.24, 2.45) is 0 Å². The molecule has 5 nitrogen and oxygen atoms in total. The number of rotatable bonds is 3. The molecule has 1 aromatic rings. The Bertz CT molecular complexity index is 533. The molecule has 0 bridgehead atoms. The molecule has 0 saturated carbocycles. The Balaban J connectivity index is 1.94. The van der Waals surface area contributed by atoms with Gasteiger partial charge in [-0.2, -0.15) is 0 Å². The molecule has 0 aromatic carbocycles. The van der Waals surface area contributed by atoms with Gasteiger partial charge in [-0.15, -0.1) is 11.3 Å². The first-order chi connectivity index (χ1) is 10.5. The monoisotopic (exact) mass is 363 g/mol. The van der Waals surface area contributed by atoms with Crippen LogP contribution in [-0.4, -0.2) is 65.9 Å². The van der Waals surface area contributed by atoms with Crippen LogP contribution < -0.4 is 0 Å². The van der Waals surface area contributed by atoms with Crippen molar-refractivity contribution in [3.63, 3.8) is 0 Å². The lowest BCUT2D eigenvalue weighted by Crippen LogP contribution is -2.53. The van der Waals surface area contributed by atoms with Crippen molar-refractivity contribution >= 4 is 46.5 Å². The molecule has 0 unspecified atom stereocenters.